The number of likely N-dealkylation sites (N-methyl/N-ethyl adjacent to an activating group) is 1. The Morgan fingerprint density at radius 3 is 2.75 bits per heavy atom. The lowest BCUT2D eigenvalue weighted by atomic mass is 9.91. The van der Waals surface area contributed by atoms with E-state index in [9.17, 15) is 9.59 Å². The molecule has 1 unspecified atom stereocenters. The first-order valence-corrected chi connectivity index (χ1v) is 6.72. The van der Waals surface area contributed by atoms with Gasteiger partial charge in [-0.25, -0.2) is 0 Å². The van der Waals surface area contributed by atoms with Gasteiger partial charge in [0.1, 0.15) is 0 Å². The van der Waals surface area contributed by atoms with E-state index in [1.165, 1.54) is 4.90 Å². The van der Waals surface area contributed by atoms with Crippen molar-refractivity contribution in [2.45, 2.75) is 25.7 Å². The summed E-state index contributed by atoms with van der Waals surface area (Å²) in [6.07, 6.45) is 0.943. The molecular weight excluding hydrogens is 254 g/mol. The molecule has 1 atom stereocenters. The molecule has 5 heteroatoms. The number of piperidine rings is 1. The van der Waals surface area contributed by atoms with E-state index in [0.717, 1.165) is 22.2 Å². The van der Waals surface area contributed by atoms with Gasteiger partial charge in [-0.15, -0.1) is 0 Å². The molecule has 1 aromatic carbocycles. The van der Waals surface area contributed by atoms with Crippen molar-refractivity contribution in [2.75, 3.05) is 7.05 Å². The molecule has 20 heavy (non-hydrogen) atoms. The number of carbonyl (C=O) groups excluding carboxylic acids is 2. The highest BCUT2D eigenvalue weighted by atomic mass is 16.2. The van der Waals surface area contributed by atoms with E-state index in [2.05, 4.69) is 11.2 Å². The highest BCUT2D eigenvalue weighted by Crippen LogP contribution is 2.32. The number of likely N-dealkylation sites (tertiary alicyclic amines) is 1. The Labute approximate surface area is 117 Å². The monoisotopic (exact) mass is 271 g/mol. The Morgan fingerprint density at radius 1 is 1.25 bits per heavy atom. The Bertz CT molecular complexity index is 717. The maximum Gasteiger partial charge on any atom is 0.238 e. The third-order valence-corrected chi connectivity index (χ3v) is 4.02. The molecule has 1 saturated heterocycles. The molecule has 1 aliphatic rings. The average Bonchev–Trinajstić information content (AvgIpc) is 2.73. The summed E-state index contributed by atoms with van der Waals surface area (Å²) in [5, 5.41) is 5.52. The molecule has 0 spiro atoms. The van der Waals surface area contributed by atoms with Gasteiger partial charge >= 0.3 is 0 Å². The lowest BCUT2D eigenvalue weighted by Gasteiger charge is -2.26. The molecule has 1 aromatic heterocycles. The van der Waals surface area contributed by atoms with E-state index in [0.29, 0.717) is 12.8 Å². The number of nitrogens with zero attached hydrogens (tertiary/aromatic N) is 3. The van der Waals surface area contributed by atoms with Crippen molar-refractivity contribution in [3.05, 3.63) is 29.5 Å². The maximum atomic E-state index is 12.3. The highest BCUT2D eigenvalue weighted by Gasteiger charge is 2.35. The molecule has 2 heterocycles. The van der Waals surface area contributed by atoms with Crippen LogP contribution in [0.25, 0.3) is 10.9 Å². The second-order valence-corrected chi connectivity index (χ2v) is 5.41. The van der Waals surface area contributed by atoms with Gasteiger partial charge in [0.25, 0.3) is 0 Å². The zero-order valence-corrected chi connectivity index (χ0v) is 11.9. The fourth-order valence-corrected chi connectivity index (χ4v) is 2.82. The second kappa shape index (κ2) is 4.44. The fraction of sp³-hybridized carbons (Fsp3) is 0.400. The summed E-state index contributed by atoms with van der Waals surface area (Å²) in [6.45, 7) is 2.03. The number of benzene rings is 1. The summed E-state index contributed by atoms with van der Waals surface area (Å²) in [4.78, 5) is 25.1. The van der Waals surface area contributed by atoms with Gasteiger partial charge in [0.05, 0.1) is 17.1 Å². The lowest BCUT2D eigenvalue weighted by Crippen LogP contribution is -2.41. The van der Waals surface area contributed by atoms with Crippen LogP contribution in [-0.2, 0) is 16.6 Å². The van der Waals surface area contributed by atoms with Gasteiger partial charge in [-0.1, -0.05) is 12.1 Å². The third-order valence-electron chi connectivity index (χ3n) is 4.02. The minimum atomic E-state index is -0.316. The van der Waals surface area contributed by atoms with Crippen molar-refractivity contribution in [1.82, 2.24) is 14.7 Å². The topological polar surface area (TPSA) is 55.2 Å². The van der Waals surface area contributed by atoms with Crippen LogP contribution in [0.2, 0.25) is 0 Å². The first-order chi connectivity index (χ1) is 9.49. The Hall–Kier alpha value is -2.17. The summed E-state index contributed by atoms with van der Waals surface area (Å²) in [6, 6.07) is 6.10. The van der Waals surface area contributed by atoms with Gasteiger partial charge in [0.2, 0.25) is 11.8 Å². The number of carbonyl (C=O) groups is 2. The van der Waals surface area contributed by atoms with Crippen LogP contribution in [0, 0.1) is 6.92 Å². The van der Waals surface area contributed by atoms with E-state index in [4.69, 9.17) is 0 Å². The predicted octanol–water partition coefficient (Wildman–Crippen LogP) is 1.74. The molecule has 0 bridgehead atoms. The molecule has 0 saturated carbocycles. The van der Waals surface area contributed by atoms with Gasteiger partial charge in [-0.05, 0) is 25.0 Å². The number of aromatic nitrogens is 2. The number of hydrogen-bond donors (Lipinski definition) is 0. The Balaban J connectivity index is 2.11. The molecule has 3 rings (SSSR count). The second-order valence-electron chi connectivity index (χ2n) is 5.41. The minimum absolute atomic E-state index is 0.109. The number of rotatable bonds is 1. The smallest absolute Gasteiger partial charge is 0.238 e. The van der Waals surface area contributed by atoms with Crippen LogP contribution >= 0.6 is 0 Å². The Kier molecular flexibility index (Phi) is 2.85. The van der Waals surface area contributed by atoms with Crippen LogP contribution in [0.1, 0.15) is 30.0 Å². The summed E-state index contributed by atoms with van der Waals surface area (Å²) in [5.74, 6) is -0.576. The fourth-order valence-electron chi connectivity index (χ4n) is 2.82. The zero-order chi connectivity index (χ0) is 14.4. The quantitative estimate of drug-likeness (QED) is 0.742. The van der Waals surface area contributed by atoms with Crippen molar-refractivity contribution >= 4 is 22.7 Å². The minimum Gasteiger partial charge on any atom is -0.285 e. The lowest BCUT2D eigenvalue weighted by molar-refractivity contribution is -0.147. The molecule has 5 nitrogen and oxygen atoms in total. The molecule has 1 aliphatic heterocycles. The molecule has 104 valence electrons. The van der Waals surface area contributed by atoms with E-state index in [1.807, 2.05) is 26.1 Å². The first-order valence-electron chi connectivity index (χ1n) is 6.72. The summed E-state index contributed by atoms with van der Waals surface area (Å²) in [7, 11) is 3.43. The van der Waals surface area contributed by atoms with Crippen molar-refractivity contribution in [1.29, 1.82) is 0 Å². The van der Waals surface area contributed by atoms with Crippen LogP contribution in [0.5, 0.6) is 0 Å². The van der Waals surface area contributed by atoms with E-state index in [1.54, 1.807) is 11.7 Å². The van der Waals surface area contributed by atoms with Crippen LogP contribution in [-0.4, -0.2) is 33.5 Å². The van der Waals surface area contributed by atoms with Crippen LogP contribution in [0.3, 0.4) is 0 Å². The van der Waals surface area contributed by atoms with Gasteiger partial charge in [0, 0.05) is 25.9 Å². The number of imide groups is 1. The van der Waals surface area contributed by atoms with Crippen molar-refractivity contribution < 1.29 is 9.59 Å². The van der Waals surface area contributed by atoms with Gasteiger partial charge in [0.15, 0.2) is 0 Å². The maximum absolute atomic E-state index is 12.3. The number of aryl methyl sites for hydroxylation is 2. The van der Waals surface area contributed by atoms with Crippen molar-refractivity contribution in [2.24, 2.45) is 7.05 Å². The predicted molar refractivity (Wildman–Crippen MR) is 75.2 cm³/mol. The Morgan fingerprint density at radius 2 is 2.00 bits per heavy atom. The summed E-state index contributed by atoms with van der Waals surface area (Å²) in [5.41, 5.74) is 2.97. The molecule has 1 fully saturated rings. The average molecular weight is 271 g/mol. The van der Waals surface area contributed by atoms with E-state index < -0.39 is 0 Å². The SMILES string of the molecule is Cc1ccc2c(C3CCC(=O)N(C)C3=O)nn(C)c2c1. The molecule has 0 radical (unpaired) electrons. The molecule has 0 aliphatic carbocycles. The summed E-state index contributed by atoms with van der Waals surface area (Å²) >= 11 is 0. The standard InChI is InChI=1S/C15H17N3O2/c1-9-4-5-10-12(8-9)18(3)16-14(10)11-6-7-13(19)17(2)15(11)20/h4-5,8,11H,6-7H2,1-3H3. The largest absolute Gasteiger partial charge is 0.285 e. The van der Waals surface area contributed by atoms with Crippen molar-refractivity contribution in [3.63, 3.8) is 0 Å². The van der Waals surface area contributed by atoms with Gasteiger partial charge in [-0.3, -0.25) is 19.2 Å². The van der Waals surface area contributed by atoms with E-state index in [-0.39, 0.29) is 17.7 Å². The van der Waals surface area contributed by atoms with Crippen LogP contribution < -0.4 is 0 Å². The number of hydrogen-bond acceptors (Lipinski definition) is 3. The summed E-state index contributed by atoms with van der Waals surface area (Å²) < 4.78 is 1.81. The third kappa shape index (κ3) is 1.81. The van der Waals surface area contributed by atoms with Gasteiger partial charge < -0.3 is 0 Å². The molecule has 2 amide bonds. The molecular formula is C15H17N3O2. The molecule has 0 N–H and O–H groups in total. The zero-order valence-electron chi connectivity index (χ0n) is 11.9. The first kappa shape index (κ1) is 12.8. The molecule has 2 aromatic rings. The van der Waals surface area contributed by atoms with Crippen LogP contribution in [0.4, 0.5) is 0 Å². The van der Waals surface area contributed by atoms with Crippen LogP contribution in [0.15, 0.2) is 18.2 Å². The van der Waals surface area contributed by atoms with Crippen molar-refractivity contribution in [3.8, 4) is 0 Å². The number of fused-ring (bicyclic) bond motifs is 1. The normalized spacial score (nSPS) is 19.9. The highest BCUT2D eigenvalue weighted by molar-refractivity contribution is 6.02. The van der Waals surface area contributed by atoms with Gasteiger partial charge in [-0.2, -0.15) is 5.10 Å². The number of amides is 2. The van der Waals surface area contributed by atoms with E-state index >= 15 is 0 Å².